The summed E-state index contributed by atoms with van der Waals surface area (Å²) in [5, 5.41) is 10.0. The van der Waals surface area contributed by atoms with Crippen molar-refractivity contribution in [3.05, 3.63) is 23.8 Å². The highest BCUT2D eigenvalue weighted by Gasteiger charge is 2.41. The van der Waals surface area contributed by atoms with Gasteiger partial charge in [0.05, 0.1) is 7.11 Å². The van der Waals surface area contributed by atoms with Crippen LogP contribution in [-0.4, -0.2) is 18.3 Å². The van der Waals surface area contributed by atoms with Gasteiger partial charge in [0.25, 0.3) is 0 Å². The lowest BCUT2D eigenvalue weighted by atomic mass is 9.72. The van der Waals surface area contributed by atoms with Gasteiger partial charge in [-0.15, -0.1) is 0 Å². The van der Waals surface area contributed by atoms with Crippen molar-refractivity contribution in [3.63, 3.8) is 0 Å². The molecule has 0 amide bonds. The van der Waals surface area contributed by atoms with E-state index in [0.717, 1.165) is 19.3 Å². The molecule has 16 heavy (non-hydrogen) atoms. The maximum absolute atomic E-state index is 10.4. The first-order chi connectivity index (χ1) is 7.73. The Hall–Kier alpha value is -1.80. The highest BCUT2D eigenvalue weighted by Crippen LogP contribution is 2.49. The number of benzene rings is 1. The molecule has 0 saturated heterocycles. The number of hydrogen-bond acceptors (Lipinski definition) is 4. The van der Waals surface area contributed by atoms with Crippen molar-refractivity contribution < 1.29 is 14.6 Å². The number of ether oxygens (including phenoxy) is 1. The molecule has 1 aliphatic carbocycles. The number of isocyanates is 1. The predicted octanol–water partition coefficient (Wildman–Crippen LogP) is 2.12. The number of aliphatic imine (C=N–C) groups is 1. The predicted molar refractivity (Wildman–Crippen MR) is 58.3 cm³/mol. The van der Waals surface area contributed by atoms with E-state index in [2.05, 4.69) is 4.99 Å². The number of phenolic OH excluding ortho intramolecular Hbond substituents is 1. The number of rotatable bonds is 3. The van der Waals surface area contributed by atoms with Gasteiger partial charge < -0.3 is 9.84 Å². The van der Waals surface area contributed by atoms with Crippen molar-refractivity contribution in [2.45, 2.75) is 24.8 Å². The molecule has 0 aliphatic heterocycles. The monoisotopic (exact) mass is 219 g/mol. The molecule has 1 aliphatic rings. The summed E-state index contributed by atoms with van der Waals surface area (Å²) in [6, 6.07) is 5.24. The van der Waals surface area contributed by atoms with Crippen LogP contribution in [0.4, 0.5) is 0 Å². The maximum Gasteiger partial charge on any atom is 0.235 e. The molecule has 0 spiro atoms. The number of nitrogens with zero attached hydrogens (tertiary/aromatic N) is 1. The first-order valence-electron chi connectivity index (χ1n) is 5.19. The van der Waals surface area contributed by atoms with Crippen LogP contribution in [0.2, 0.25) is 0 Å². The van der Waals surface area contributed by atoms with Crippen molar-refractivity contribution >= 4 is 6.08 Å². The Morgan fingerprint density at radius 2 is 2.25 bits per heavy atom. The van der Waals surface area contributed by atoms with E-state index in [9.17, 15) is 9.90 Å². The molecule has 4 heteroatoms. The topological polar surface area (TPSA) is 58.9 Å². The zero-order chi connectivity index (χ0) is 11.6. The highest BCUT2D eigenvalue weighted by molar-refractivity contribution is 5.51. The minimum atomic E-state index is -0.583. The Labute approximate surface area is 93.6 Å². The van der Waals surface area contributed by atoms with E-state index < -0.39 is 5.54 Å². The quantitative estimate of drug-likeness (QED) is 0.625. The fourth-order valence-electron chi connectivity index (χ4n) is 2.10. The van der Waals surface area contributed by atoms with Gasteiger partial charge in [0.1, 0.15) is 5.54 Å². The molecule has 0 heterocycles. The lowest BCUT2D eigenvalue weighted by molar-refractivity contribution is 0.245. The summed E-state index contributed by atoms with van der Waals surface area (Å²) >= 11 is 0. The second-order valence-electron chi connectivity index (χ2n) is 3.94. The van der Waals surface area contributed by atoms with E-state index in [1.165, 1.54) is 7.11 Å². The van der Waals surface area contributed by atoms with E-state index in [1.807, 2.05) is 0 Å². The number of carbonyl (C=O) groups excluding carboxylic acids is 1. The van der Waals surface area contributed by atoms with Crippen molar-refractivity contribution in [3.8, 4) is 11.5 Å². The number of hydrogen-bond donors (Lipinski definition) is 1. The first kappa shape index (κ1) is 10.7. The summed E-state index contributed by atoms with van der Waals surface area (Å²) in [7, 11) is 1.50. The third kappa shape index (κ3) is 1.48. The largest absolute Gasteiger partial charge is 0.504 e. The minimum absolute atomic E-state index is 0.0729. The van der Waals surface area contributed by atoms with E-state index in [0.29, 0.717) is 11.3 Å². The lowest BCUT2D eigenvalue weighted by Gasteiger charge is -2.37. The molecule has 1 saturated carbocycles. The fraction of sp³-hybridized carbons (Fsp3) is 0.417. The van der Waals surface area contributed by atoms with Crippen LogP contribution in [0.1, 0.15) is 24.8 Å². The Morgan fingerprint density at radius 3 is 2.75 bits per heavy atom. The molecule has 1 aromatic carbocycles. The molecule has 0 aromatic heterocycles. The fourth-order valence-corrected chi connectivity index (χ4v) is 2.10. The molecular weight excluding hydrogens is 206 g/mol. The summed E-state index contributed by atoms with van der Waals surface area (Å²) in [5.74, 6) is 0.480. The van der Waals surface area contributed by atoms with Gasteiger partial charge in [-0.05, 0) is 25.3 Å². The average Bonchev–Trinajstić information content (AvgIpc) is 2.24. The van der Waals surface area contributed by atoms with Gasteiger partial charge in [-0.25, -0.2) is 4.79 Å². The van der Waals surface area contributed by atoms with Gasteiger partial charge in [0.15, 0.2) is 11.5 Å². The van der Waals surface area contributed by atoms with Crippen LogP contribution in [-0.2, 0) is 10.3 Å². The molecule has 0 bridgehead atoms. The molecule has 0 radical (unpaired) electrons. The van der Waals surface area contributed by atoms with Gasteiger partial charge in [0, 0.05) is 5.56 Å². The number of methoxy groups -OCH3 is 1. The van der Waals surface area contributed by atoms with E-state index in [4.69, 9.17) is 4.74 Å². The lowest BCUT2D eigenvalue weighted by Crippen LogP contribution is -2.31. The SMILES string of the molecule is COc1cccc(C2(N=C=O)CCC2)c1O. The highest BCUT2D eigenvalue weighted by atomic mass is 16.5. The second kappa shape index (κ2) is 3.99. The number of phenols is 1. The molecule has 2 rings (SSSR count). The van der Waals surface area contributed by atoms with Crippen molar-refractivity contribution in [2.24, 2.45) is 4.99 Å². The van der Waals surface area contributed by atoms with Gasteiger partial charge in [-0.1, -0.05) is 12.1 Å². The van der Waals surface area contributed by atoms with Crippen molar-refractivity contribution in [1.82, 2.24) is 0 Å². The summed E-state index contributed by atoms with van der Waals surface area (Å²) in [4.78, 5) is 14.3. The third-order valence-corrected chi connectivity index (χ3v) is 3.16. The number of para-hydroxylation sites is 1. The normalized spacial score (nSPS) is 17.1. The summed E-state index contributed by atoms with van der Waals surface area (Å²) in [6.07, 6.45) is 4.13. The zero-order valence-electron chi connectivity index (χ0n) is 9.06. The molecule has 1 N–H and O–H groups in total. The van der Waals surface area contributed by atoms with E-state index in [1.54, 1.807) is 24.3 Å². The Balaban J connectivity index is 2.50. The van der Waals surface area contributed by atoms with Crippen LogP contribution >= 0.6 is 0 Å². The summed E-state index contributed by atoms with van der Waals surface area (Å²) in [6.45, 7) is 0. The Morgan fingerprint density at radius 1 is 1.50 bits per heavy atom. The molecule has 84 valence electrons. The van der Waals surface area contributed by atoms with E-state index >= 15 is 0 Å². The van der Waals surface area contributed by atoms with Crippen LogP contribution in [0.25, 0.3) is 0 Å². The van der Waals surface area contributed by atoms with Gasteiger partial charge in [0.2, 0.25) is 6.08 Å². The molecule has 0 atom stereocenters. The first-order valence-corrected chi connectivity index (χ1v) is 5.19. The third-order valence-electron chi connectivity index (χ3n) is 3.16. The van der Waals surface area contributed by atoms with E-state index in [-0.39, 0.29) is 5.75 Å². The summed E-state index contributed by atoms with van der Waals surface area (Å²) in [5.41, 5.74) is 0.0712. The Bertz CT molecular complexity index is 446. The van der Waals surface area contributed by atoms with Crippen LogP contribution < -0.4 is 4.74 Å². The summed E-state index contributed by atoms with van der Waals surface area (Å²) < 4.78 is 5.04. The molecule has 4 nitrogen and oxygen atoms in total. The van der Waals surface area contributed by atoms with Crippen LogP contribution in [0.3, 0.4) is 0 Å². The van der Waals surface area contributed by atoms with Gasteiger partial charge >= 0.3 is 0 Å². The number of aromatic hydroxyl groups is 1. The standard InChI is InChI=1S/C12H13NO3/c1-16-10-5-2-4-9(11(10)15)12(13-8-14)6-3-7-12/h2,4-5,15H,3,6-7H2,1H3. The maximum atomic E-state index is 10.4. The van der Waals surface area contributed by atoms with Gasteiger partial charge in [-0.3, -0.25) is 0 Å². The Kier molecular flexibility index (Phi) is 2.67. The van der Waals surface area contributed by atoms with Crippen LogP contribution in [0, 0.1) is 0 Å². The minimum Gasteiger partial charge on any atom is -0.504 e. The van der Waals surface area contributed by atoms with Crippen LogP contribution in [0.15, 0.2) is 23.2 Å². The molecular formula is C12H13NO3. The van der Waals surface area contributed by atoms with Crippen molar-refractivity contribution in [1.29, 1.82) is 0 Å². The smallest absolute Gasteiger partial charge is 0.235 e. The zero-order valence-corrected chi connectivity index (χ0v) is 9.06. The molecule has 0 unspecified atom stereocenters. The van der Waals surface area contributed by atoms with Gasteiger partial charge in [-0.2, -0.15) is 4.99 Å². The average molecular weight is 219 g/mol. The second-order valence-corrected chi connectivity index (χ2v) is 3.94. The van der Waals surface area contributed by atoms with Crippen LogP contribution in [0.5, 0.6) is 11.5 Å². The molecule has 1 fully saturated rings. The molecule has 1 aromatic rings. The van der Waals surface area contributed by atoms with Crippen molar-refractivity contribution in [2.75, 3.05) is 7.11 Å².